The zero-order chi connectivity index (χ0) is 20.2. The average molecular weight is 404 g/mol. The fourth-order valence-corrected chi connectivity index (χ4v) is 3.97. The maximum atomic E-state index is 13.2. The molecule has 1 atom stereocenters. The van der Waals surface area contributed by atoms with Crippen LogP contribution in [0.25, 0.3) is 0 Å². The summed E-state index contributed by atoms with van der Waals surface area (Å²) in [4.78, 5) is 18.8. The van der Waals surface area contributed by atoms with Gasteiger partial charge in [-0.3, -0.25) is 9.78 Å². The van der Waals surface area contributed by atoms with E-state index in [1.165, 1.54) is 17.5 Å². The molecular weight excluding hydrogens is 378 g/mol. The minimum Gasteiger partial charge on any atom is -0.343 e. The Bertz CT molecular complexity index is 985. The summed E-state index contributed by atoms with van der Waals surface area (Å²) < 4.78 is 3.36. The Hall–Kier alpha value is -2.79. The lowest BCUT2D eigenvalue weighted by Crippen LogP contribution is -2.31. The Kier molecular flexibility index (Phi) is 5.86. The zero-order valence-electron chi connectivity index (χ0n) is 16.7. The van der Waals surface area contributed by atoms with Gasteiger partial charge in [0.15, 0.2) is 0 Å². The molecule has 2 N–H and O–H groups in total. The molecule has 4 rings (SSSR count). The third-order valence-electron chi connectivity index (χ3n) is 5.11. The van der Waals surface area contributed by atoms with E-state index >= 15 is 0 Å². The summed E-state index contributed by atoms with van der Waals surface area (Å²) >= 11 is 1.51. The molecule has 1 amide bonds. The molecule has 1 aliphatic rings. The van der Waals surface area contributed by atoms with Crippen molar-refractivity contribution < 1.29 is 4.79 Å². The van der Waals surface area contributed by atoms with Crippen LogP contribution >= 0.6 is 11.9 Å². The molecule has 4 nitrogen and oxygen atoms in total. The predicted molar refractivity (Wildman–Crippen MR) is 119 cm³/mol. The number of hydrogen-bond donors (Lipinski definition) is 2. The number of carbonyl (C=O) groups is 1. The first-order chi connectivity index (χ1) is 14.1. The van der Waals surface area contributed by atoms with Crippen molar-refractivity contribution in [3.8, 4) is 0 Å². The molecule has 0 bridgehead atoms. The van der Waals surface area contributed by atoms with E-state index in [1.807, 2.05) is 43.3 Å². The Labute approximate surface area is 176 Å². The van der Waals surface area contributed by atoms with Crippen LogP contribution in [0.5, 0.6) is 0 Å². The minimum atomic E-state index is -0.0664. The van der Waals surface area contributed by atoms with Crippen LogP contribution in [0.4, 0.5) is 5.69 Å². The van der Waals surface area contributed by atoms with Gasteiger partial charge in [-0.2, -0.15) is 0 Å². The summed E-state index contributed by atoms with van der Waals surface area (Å²) in [7, 11) is 0. The summed E-state index contributed by atoms with van der Waals surface area (Å²) in [6.45, 7) is 4.08. The van der Waals surface area contributed by atoms with Crippen LogP contribution < -0.4 is 10.0 Å². The van der Waals surface area contributed by atoms with Crippen LogP contribution in [0.3, 0.4) is 0 Å². The van der Waals surface area contributed by atoms with Crippen LogP contribution in [0.15, 0.2) is 71.8 Å². The smallest absolute Gasteiger partial charge is 0.253 e. The first-order valence-electron chi connectivity index (χ1n) is 9.92. The average Bonchev–Trinajstić information content (AvgIpc) is 3.58. The second-order valence-electron chi connectivity index (χ2n) is 7.61. The quantitative estimate of drug-likeness (QED) is 0.497. The number of carbonyl (C=O) groups excluding carboxylic acids is 1. The second kappa shape index (κ2) is 8.70. The van der Waals surface area contributed by atoms with E-state index in [4.69, 9.17) is 0 Å². The van der Waals surface area contributed by atoms with E-state index in [1.54, 1.807) is 6.20 Å². The highest BCUT2D eigenvalue weighted by Crippen LogP contribution is 2.40. The fraction of sp³-hybridized carbons (Fsp3) is 0.250. The molecule has 0 aliphatic heterocycles. The number of aromatic nitrogens is 1. The van der Waals surface area contributed by atoms with Crippen LogP contribution in [-0.4, -0.2) is 10.9 Å². The van der Waals surface area contributed by atoms with Crippen molar-refractivity contribution in [1.82, 2.24) is 10.3 Å². The summed E-state index contributed by atoms with van der Waals surface area (Å²) in [6.07, 6.45) is 4.04. The van der Waals surface area contributed by atoms with E-state index < -0.39 is 0 Å². The second-order valence-corrected chi connectivity index (χ2v) is 8.49. The summed E-state index contributed by atoms with van der Waals surface area (Å²) in [5, 5.41) is 3.23. The van der Waals surface area contributed by atoms with Crippen molar-refractivity contribution in [3.05, 3.63) is 89.2 Å². The Morgan fingerprint density at radius 1 is 1.03 bits per heavy atom. The Morgan fingerprint density at radius 2 is 1.79 bits per heavy atom. The molecule has 0 spiro atoms. The first kappa shape index (κ1) is 19.5. The molecule has 1 heterocycles. The van der Waals surface area contributed by atoms with Crippen molar-refractivity contribution in [2.24, 2.45) is 5.92 Å². The standard InChI is InChI=1S/C24H25N3OS/c1-16-6-11-19(12-7-16)29-27-21-13-8-17(2)15-20(21)24(28)26-23(18-9-10-18)22-5-3-4-14-25-22/h3-8,11-15,18,23,27H,9-10H2,1-2H3,(H,26,28). The monoisotopic (exact) mass is 403 g/mol. The zero-order valence-corrected chi connectivity index (χ0v) is 17.5. The van der Waals surface area contributed by atoms with Crippen LogP contribution in [0.2, 0.25) is 0 Å². The lowest BCUT2D eigenvalue weighted by atomic mass is 10.1. The van der Waals surface area contributed by atoms with Gasteiger partial charge < -0.3 is 10.0 Å². The van der Waals surface area contributed by atoms with Gasteiger partial charge in [0.05, 0.1) is 23.0 Å². The highest BCUT2D eigenvalue weighted by Gasteiger charge is 2.34. The summed E-state index contributed by atoms with van der Waals surface area (Å²) in [5.41, 5.74) is 4.69. The van der Waals surface area contributed by atoms with Gasteiger partial charge in [-0.05, 0) is 81.0 Å². The van der Waals surface area contributed by atoms with Gasteiger partial charge in [-0.15, -0.1) is 0 Å². The normalized spacial score (nSPS) is 14.3. The van der Waals surface area contributed by atoms with Crippen molar-refractivity contribution in [3.63, 3.8) is 0 Å². The Balaban J connectivity index is 1.52. The number of rotatable bonds is 7. The van der Waals surface area contributed by atoms with Gasteiger partial charge in [0, 0.05) is 11.1 Å². The molecule has 1 fully saturated rings. The molecule has 1 aliphatic carbocycles. The predicted octanol–water partition coefficient (Wildman–Crippen LogP) is 5.70. The van der Waals surface area contributed by atoms with Crippen molar-refractivity contribution in [2.45, 2.75) is 37.6 Å². The number of pyridine rings is 1. The SMILES string of the molecule is Cc1ccc(SNc2ccc(C)cc2C(=O)NC(c2ccccn2)C2CC2)cc1. The third kappa shape index (κ3) is 4.98. The number of nitrogens with one attached hydrogen (secondary N) is 2. The molecule has 1 saturated carbocycles. The number of benzene rings is 2. The van der Waals surface area contributed by atoms with Crippen molar-refractivity contribution in [2.75, 3.05) is 4.72 Å². The van der Waals surface area contributed by atoms with E-state index in [0.717, 1.165) is 34.7 Å². The molecule has 5 heteroatoms. The number of aryl methyl sites for hydroxylation is 2. The topological polar surface area (TPSA) is 54.0 Å². The molecule has 29 heavy (non-hydrogen) atoms. The molecule has 1 aromatic heterocycles. The van der Waals surface area contributed by atoms with Crippen LogP contribution in [0.1, 0.15) is 46.1 Å². The maximum absolute atomic E-state index is 13.2. The minimum absolute atomic E-state index is 0.0400. The van der Waals surface area contributed by atoms with Crippen molar-refractivity contribution >= 4 is 23.5 Å². The summed E-state index contributed by atoms with van der Waals surface area (Å²) in [6, 6.07) is 20.1. The molecule has 0 radical (unpaired) electrons. The molecule has 2 aromatic carbocycles. The number of amides is 1. The van der Waals surface area contributed by atoms with Crippen LogP contribution in [0, 0.1) is 19.8 Å². The van der Waals surface area contributed by atoms with Gasteiger partial charge in [-0.1, -0.05) is 35.4 Å². The maximum Gasteiger partial charge on any atom is 0.253 e. The van der Waals surface area contributed by atoms with E-state index in [0.29, 0.717) is 11.5 Å². The lowest BCUT2D eigenvalue weighted by Gasteiger charge is -2.19. The van der Waals surface area contributed by atoms with Gasteiger partial charge in [0.1, 0.15) is 0 Å². The molecular formula is C24H25N3OS. The highest BCUT2D eigenvalue weighted by molar-refractivity contribution is 8.00. The third-order valence-corrected chi connectivity index (χ3v) is 5.94. The Morgan fingerprint density at radius 3 is 2.48 bits per heavy atom. The first-order valence-corrected chi connectivity index (χ1v) is 10.7. The number of nitrogens with zero attached hydrogens (tertiary/aromatic N) is 1. The largest absolute Gasteiger partial charge is 0.343 e. The highest BCUT2D eigenvalue weighted by atomic mass is 32.2. The van der Waals surface area contributed by atoms with Gasteiger partial charge >= 0.3 is 0 Å². The molecule has 3 aromatic rings. The van der Waals surface area contributed by atoms with Crippen LogP contribution in [-0.2, 0) is 0 Å². The van der Waals surface area contributed by atoms with Crippen molar-refractivity contribution in [1.29, 1.82) is 0 Å². The van der Waals surface area contributed by atoms with Gasteiger partial charge in [0.2, 0.25) is 0 Å². The molecule has 0 saturated heterocycles. The van der Waals surface area contributed by atoms with E-state index in [2.05, 4.69) is 46.2 Å². The number of anilines is 1. The summed E-state index contributed by atoms with van der Waals surface area (Å²) in [5.74, 6) is 0.403. The van der Waals surface area contributed by atoms with E-state index in [9.17, 15) is 4.79 Å². The fourth-order valence-electron chi connectivity index (χ4n) is 3.30. The van der Waals surface area contributed by atoms with Gasteiger partial charge in [0.25, 0.3) is 5.91 Å². The van der Waals surface area contributed by atoms with E-state index in [-0.39, 0.29) is 11.9 Å². The lowest BCUT2D eigenvalue weighted by molar-refractivity contribution is 0.0931. The number of hydrogen-bond acceptors (Lipinski definition) is 4. The van der Waals surface area contributed by atoms with Gasteiger partial charge in [-0.25, -0.2) is 0 Å². The molecule has 148 valence electrons. The molecule has 1 unspecified atom stereocenters.